The Morgan fingerprint density at radius 2 is 1.87 bits per heavy atom. The molecule has 0 bridgehead atoms. The summed E-state index contributed by atoms with van der Waals surface area (Å²) in [6.45, 7) is 0. The fourth-order valence-electron chi connectivity index (χ4n) is 1.35. The van der Waals surface area contributed by atoms with E-state index in [9.17, 15) is 13.2 Å². The summed E-state index contributed by atoms with van der Waals surface area (Å²) in [7, 11) is 1.53. The molecular weight excluding hydrogens is 203 g/mol. The summed E-state index contributed by atoms with van der Waals surface area (Å²) in [5, 5.41) is 2.68. The van der Waals surface area contributed by atoms with Crippen molar-refractivity contribution in [1.82, 2.24) is 5.32 Å². The molecule has 0 spiro atoms. The molecule has 0 heterocycles. The molecule has 1 rings (SSSR count). The number of hydrogen-bond donors (Lipinski definition) is 1. The summed E-state index contributed by atoms with van der Waals surface area (Å²) in [6.07, 6.45) is 5.20. The molecule has 1 aromatic rings. The Bertz CT molecular complexity index is 372. The first-order valence-electron chi connectivity index (χ1n) is 4.35. The van der Waals surface area contributed by atoms with Gasteiger partial charge in [-0.15, -0.1) is 12.3 Å². The second-order valence-electron chi connectivity index (χ2n) is 3.03. The second-order valence-corrected chi connectivity index (χ2v) is 3.03. The Morgan fingerprint density at radius 1 is 1.33 bits per heavy atom. The third-order valence-electron chi connectivity index (χ3n) is 2.06. The molecule has 0 aliphatic carbocycles. The van der Waals surface area contributed by atoms with Crippen LogP contribution < -0.4 is 5.32 Å². The number of nitrogens with one attached hydrogen (secondary N) is 1. The zero-order valence-electron chi connectivity index (χ0n) is 8.15. The van der Waals surface area contributed by atoms with Crippen LogP contribution in [0.2, 0.25) is 0 Å². The van der Waals surface area contributed by atoms with Crippen LogP contribution in [0.5, 0.6) is 0 Å². The molecule has 0 aromatic heterocycles. The van der Waals surface area contributed by atoms with Gasteiger partial charge in [0, 0.05) is 30.2 Å². The molecule has 1 unspecified atom stereocenters. The van der Waals surface area contributed by atoms with E-state index in [1.807, 2.05) is 0 Å². The SMILES string of the molecule is C#CCC(NC)c1c(F)cc(F)cc1F. The van der Waals surface area contributed by atoms with Crippen molar-refractivity contribution >= 4 is 0 Å². The van der Waals surface area contributed by atoms with Gasteiger partial charge in [0.15, 0.2) is 0 Å². The number of terminal acetylenes is 1. The highest BCUT2D eigenvalue weighted by Gasteiger charge is 2.19. The van der Waals surface area contributed by atoms with E-state index in [2.05, 4.69) is 11.2 Å². The lowest BCUT2D eigenvalue weighted by Crippen LogP contribution is -2.19. The summed E-state index contributed by atoms with van der Waals surface area (Å²) in [4.78, 5) is 0. The average molecular weight is 213 g/mol. The van der Waals surface area contributed by atoms with Gasteiger partial charge >= 0.3 is 0 Å². The van der Waals surface area contributed by atoms with Crippen LogP contribution in [0.3, 0.4) is 0 Å². The highest BCUT2D eigenvalue weighted by molar-refractivity contribution is 5.25. The molecule has 0 saturated heterocycles. The molecule has 0 aliphatic heterocycles. The number of rotatable bonds is 3. The molecule has 0 radical (unpaired) electrons. The molecule has 1 nitrogen and oxygen atoms in total. The van der Waals surface area contributed by atoms with Crippen LogP contribution in [0, 0.1) is 29.8 Å². The van der Waals surface area contributed by atoms with Crippen LogP contribution in [-0.2, 0) is 0 Å². The predicted octanol–water partition coefficient (Wildman–Crippen LogP) is 2.39. The van der Waals surface area contributed by atoms with E-state index >= 15 is 0 Å². The van der Waals surface area contributed by atoms with Crippen molar-refractivity contribution in [2.75, 3.05) is 7.05 Å². The van der Waals surface area contributed by atoms with Crippen LogP contribution in [-0.4, -0.2) is 7.05 Å². The Kier molecular flexibility index (Phi) is 3.75. The lowest BCUT2D eigenvalue weighted by atomic mass is 10.0. The standard InChI is InChI=1S/C11H10F3N/c1-3-4-10(15-2)11-8(13)5-7(12)6-9(11)14/h1,5-6,10,15H,4H2,2H3. The second kappa shape index (κ2) is 4.85. The van der Waals surface area contributed by atoms with Crippen LogP contribution >= 0.6 is 0 Å². The van der Waals surface area contributed by atoms with Crippen molar-refractivity contribution in [1.29, 1.82) is 0 Å². The maximum atomic E-state index is 13.3. The van der Waals surface area contributed by atoms with Crippen LogP contribution in [0.4, 0.5) is 13.2 Å². The van der Waals surface area contributed by atoms with E-state index in [1.165, 1.54) is 7.05 Å². The molecule has 80 valence electrons. The number of halogens is 3. The van der Waals surface area contributed by atoms with E-state index in [1.54, 1.807) is 0 Å². The summed E-state index contributed by atoms with van der Waals surface area (Å²) in [6, 6.07) is 0.633. The Hall–Kier alpha value is -1.47. The van der Waals surface area contributed by atoms with Crippen molar-refractivity contribution in [3.05, 3.63) is 35.1 Å². The first-order chi connectivity index (χ1) is 7.10. The Labute approximate surface area is 86.3 Å². The van der Waals surface area contributed by atoms with Gasteiger partial charge in [-0.3, -0.25) is 0 Å². The quantitative estimate of drug-likeness (QED) is 0.760. The fourth-order valence-corrected chi connectivity index (χ4v) is 1.35. The van der Waals surface area contributed by atoms with Gasteiger partial charge in [-0.25, -0.2) is 13.2 Å². The van der Waals surface area contributed by atoms with Gasteiger partial charge in [0.05, 0.1) is 0 Å². The van der Waals surface area contributed by atoms with Gasteiger partial charge in [-0.05, 0) is 7.05 Å². The van der Waals surface area contributed by atoms with E-state index in [0.717, 1.165) is 0 Å². The minimum absolute atomic E-state index is 0.135. The Morgan fingerprint density at radius 3 is 2.27 bits per heavy atom. The summed E-state index contributed by atoms with van der Waals surface area (Å²) in [5.74, 6) is -0.501. The fraction of sp³-hybridized carbons (Fsp3) is 0.273. The lowest BCUT2D eigenvalue weighted by Gasteiger charge is -2.15. The first-order valence-corrected chi connectivity index (χ1v) is 4.35. The van der Waals surface area contributed by atoms with Gasteiger partial charge in [0.1, 0.15) is 17.5 Å². The van der Waals surface area contributed by atoms with E-state index < -0.39 is 23.5 Å². The third-order valence-corrected chi connectivity index (χ3v) is 2.06. The molecule has 1 atom stereocenters. The molecule has 1 aromatic carbocycles. The predicted molar refractivity (Wildman–Crippen MR) is 51.6 cm³/mol. The third kappa shape index (κ3) is 2.51. The smallest absolute Gasteiger partial charge is 0.133 e. The Balaban J connectivity index is 3.18. The van der Waals surface area contributed by atoms with Gasteiger partial charge in [0.2, 0.25) is 0 Å². The molecule has 4 heteroatoms. The maximum absolute atomic E-state index is 13.3. The van der Waals surface area contributed by atoms with E-state index in [-0.39, 0.29) is 12.0 Å². The van der Waals surface area contributed by atoms with Crippen molar-refractivity contribution in [3.63, 3.8) is 0 Å². The van der Waals surface area contributed by atoms with Crippen LogP contribution in [0.1, 0.15) is 18.0 Å². The molecule has 1 N–H and O–H groups in total. The van der Waals surface area contributed by atoms with Crippen LogP contribution in [0.25, 0.3) is 0 Å². The minimum Gasteiger partial charge on any atom is -0.312 e. The van der Waals surface area contributed by atoms with Gasteiger partial charge < -0.3 is 5.32 Å². The summed E-state index contributed by atoms with van der Waals surface area (Å²) >= 11 is 0. The van der Waals surface area contributed by atoms with Crippen molar-refractivity contribution < 1.29 is 13.2 Å². The summed E-state index contributed by atoms with van der Waals surface area (Å²) in [5.41, 5.74) is -0.225. The number of hydrogen-bond acceptors (Lipinski definition) is 1. The van der Waals surface area contributed by atoms with Gasteiger partial charge in [-0.2, -0.15) is 0 Å². The van der Waals surface area contributed by atoms with E-state index in [0.29, 0.717) is 12.1 Å². The molecule has 0 fully saturated rings. The summed E-state index contributed by atoms with van der Waals surface area (Å²) < 4.78 is 39.2. The number of benzene rings is 1. The van der Waals surface area contributed by atoms with Crippen molar-refractivity contribution in [2.24, 2.45) is 0 Å². The highest BCUT2D eigenvalue weighted by atomic mass is 19.1. The van der Waals surface area contributed by atoms with Gasteiger partial charge in [-0.1, -0.05) is 0 Å². The lowest BCUT2D eigenvalue weighted by molar-refractivity contribution is 0.480. The maximum Gasteiger partial charge on any atom is 0.133 e. The van der Waals surface area contributed by atoms with E-state index in [4.69, 9.17) is 6.42 Å². The molecule has 0 saturated carbocycles. The molecule has 0 amide bonds. The monoisotopic (exact) mass is 213 g/mol. The molecular formula is C11H10F3N. The zero-order valence-corrected chi connectivity index (χ0v) is 8.15. The normalized spacial score (nSPS) is 12.2. The van der Waals surface area contributed by atoms with Crippen LogP contribution in [0.15, 0.2) is 12.1 Å². The largest absolute Gasteiger partial charge is 0.312 e. The van der Waals surface area contributed by atoms with Crippen molar-refractivity contribution in [2.45, 2.75) is 12.5 Å². The zero-order chi connectivity index (χ0) is 11.4. The molecule has 0 aliphatic rings. The van der Waals surface area contributed by atoms with Gasteiger partial charge in [0.25, 0.3) is 0 Å². The molecule has 15 heavy (non-hydrogen) atoms. The minimum atomic E-state index is -0.940. The highest BCUT2D eigenvalue weighted by Crippen LogP contribution is 2.23. The average Bonchev–Trinajstić information content (AvgIpc) is 2.14. The first kappa shape index (κ1) is 11.6. The topological polar surface area (TPSA) is 12.0 Å². The van der Waals surface area contributed by atoms with Crippen molar-refractivity contribution in [3.8, 4) is 12.3 Å².